The number of thioether (sulfide) groups is 1. The van der Waals surface area contributed by atoms with Crippen LogP contribution in [0.4, 0.5) is 0 Å². The number of alkyl halides is 1. The molecule has 98 valence electrons. The number of fused-ring (bicyclic) bond motifs is 1. The first-order chi connectivity index (χ1) is 9.28. The lowest BCUT2D eigenvalue weighted by atomic mass is 10.3. The van der Waals surface area contributed by atoms with Gasteiger partial charge in [0.25, 0.3) is 0 Å². The Kier molecular flexibility index (Phi) is 3.77. The molecular weight excluding hydrogens is 302 g/mol. The molecule has 0 radical (unpaired) electrons. The van der Waals surface area contributed by atoms with Gasteiger partial charge < -0.3 is 4.74 Å². The first kappa shape index (κ1) is 13.0. The molecule has 0 saturated carbocycles. The van der Waals surface area contributed by atoms with Crippen LogP contribution in [-0.2, 0) is 0 Å². The number of rotatable bonds is 3. The zero-order chi connectivity index (χ0) is 13.2. The number of hydrogen-bond donors (Lipinski definition) is 0. The molecule has 3 rings (SSSR count). The van der Waals surface area contributed by atoms with Gasteiger partial charge in [0, 0.05) is 16.0 Å². The molecule has 0 amide bonds. The Morgan fingerprint density at radius 1 is 1.47 bits per heavy atom. The van der Waals surface area contributed by atoms with Crippen LogP contribution in [0.2, 0.25) is 0 Å². The summed E-state index contributed by atoms with van der Waals surface area (Å²) >= 11 is 8.72. The van der Waals surface area contributed by atoms with E-state index in [1.54, 1.807) is 17.1 Å². The Morgan fingerprint density at radius 3 is 3.16 bits per heavy atom. The number of benzene rings is 1. The maximum Gasteiger partial charge on any atom is 0.196 e. The molecule has 1 aromatic carbocycles. The summed E-state index contributed by atoms with van der Waals surface area (Å²) in [5.74, 6) is 1.50. The van der Waals surface area contributed by atoms with E-state index in [0.29, 0.717) is 5.69 Å². The summed E-state index contributed by atoms with van der Waals surface area (Å²) in [7, 11) is 0. The van der Waals surface area contributed by atoms with Gasteiger partial charge in [0.1, 0.15) is 16.5 Å². The monoisotopic (exact) mass is 311 g/mol. The Balaban J connectivity index is 1.81. The van der Waals surface area contributed by atoms with E-state index >= 15 is 0 Å². The molecule has 0 fully saturated rings. The van der Waals surface area contributed by atoms with Gasteiger partial charge in [-0.3, -0.25) is 4.79 Å². The molecule has 2 aromatic rings. The van der Waals surface area contributed by atoms with Gasteiger partial charge >= 0.3 is 0 Å². The molecule has 2 heterocycles. The second-order valence-corrected chi connectivity index (χ2v) is 6.21. The van der Waals surface area contributed by atoms with Crippen molar-refractivity contribution in [1.82, 2.24) is 4.98 Å². The quantitative estimate of drug-likeness (QED) is 0.638. The maximum atomic E-state index is 11.5. The largest absolute Gasteiger partial charge is 0.481 e. The fourth-order valence-electron chi connectivity index (χ4n) is 1.77. The molecule has 1 aliphatic rings. The Hall–Kier alpha value is -1.04. The molecule has 6 heteroatoms. The number of thiazole rings is 1. The van der Waals surface area contributed by atoms with E-state index in [2.05, 4.69) is 4.98 Å². The molecule has 3 nitrogen and oxygen atoms in total. The second kappa shape index (κ2) is 5.53. The normalized spacial score (nSPS) is 17.6. The number of hydrogen-bond acceptors (Lipinski definition) is 5. The fourth-order valence-corrected chi connectivity index (χ4v) is 3.86. The topological polar surface area (TPSA) is 39.2 Å². The summed E-state index contributed by atoms with van der Waals surface area (Å²) in [6.07, 6.45) is -0.0956. The summed E-state index contributed by atoms with van der Waals surface area (Å²) in [4.78, 5) is 16.9. The van der Waals surface area contributed by atoms with Gasteiger partial charge in [0.2, 0.25) is 0 Å². The Bertz CT molecular complexity index is 614. The predicted molar refractivity (Wildman–Crippen MR) is 77.7 cm³/mol. The number of carbonyl (C=O) groups excluding carboxylic acids is 1. The van der Waals surface area contributed by atoms with Crippen LogP contribution in [0.25, 0.3) is 0 Å². The number of ketones is 1. The first-order valence-corrected chi connectivity index (χ1v) is 8.11. The molecule has 1 unspecified atom stereocenters. The van der Waals surface area contributed by atoms with Crippen molar-refractivity contribution in [3.8, 4) is 5.75 Å². The van der Waals surface area contributed by atoms with E-state index in [4.69, 9.17) is 16.3 Å². The molecule has 0 spiro atoms. The maximum absolute atomic E-state index is 11.5. The number of ether oxygens (including phenoxy) is 1. The first-order valence-electron chi connectivity index (χ1n) is 5.71. The molecule has 19 heavy (non-hydrogen) atoms. The third kappa shape index (κ3) is 2.63. The van der Waals surface area contributed by atoms with Crippen LogP contribution >= 0.6 is 34.7 Å². The highest BCUT2D eigenvalue weighted by Gasteiger charge is 2.24. The van der Waals surface area contributed by atoms with Gasteiger partial charge in [-0.25, -0.2) is 4.98 Å². The van der Waals surface area contributed by atoms with E-state index in [-0.39, 0.29) is 17.8 Å². The summed E-state index contributed by atoms with van der Waals surface area (Å²) in [6, 6.07) is 7.94. The van der Waals surface area contributed by atoms with E-state index in [0.717, 1.165) is 21.4 Å². The molecule has 0 aliphatic carbocycles. The summed E-state index contributed by atoms with van der Waals surface area (Å²) in [6.45, 7) is 0. The minimum absolute atomic E-state index is 0.0354. The highest BCUT2D eigenvalue weighted by Crippen LogP contribution is 2.40. The highest BCUT2D eigenvalue weighted by atomic mass is 35.5. The number of nitrogens with zero attached hydrogens (tertiary/aromatic N) is 1. The van der Waals surface area contributed by atoms with Crippen molar-refractivity contribution < 1.29 is 9.53 Å². The molecule has 0 bridgehead atoms. The lowest BCUT2D eigenvalue weighted by molar-refractivity contribution is 0.101. The van der Waals surface area contributed by atoms with Gasteiger partial charge in [-0.1, -0.05) is 12.1 Å². The minimum Gasteiger partial charge on any atom is -0.481 e. The molecule has 1 atom stereocenters. The van der Waals surface area contributed by atoms with Crippen LogP contribution in [-0.4, -0.2) is 22.4 Å². The summed E-state index contributed by atoms with van der Waals surface area (Å²) in [5.41, 5.74) is 0.433. The van der Waals surface area contributed by atoms with Crippen molar-refractivity contribution in [2.45, 2.75) is 11.0 Å². The van der Waals surface area contributed by atoms with Crippen molar-refractivity contribution >= 4 is 40.5 Å². The number of Topliss-reactive ketones (excluding diaryl/α,β-unsaturated/α-hetero) is 1. The van der Waals surface area contributed by atoms with Crippen molar-refractivity contribution in [2.75, 3.05) is 11.6 Å². The van der Waals surface area contributed by atoms with Gasteiger partial charge in [-0.05, 0) is 12.1 Å². The minimum atomic E-state index is -0.145. The predicted octanol–water partition coefficient (Wildman–Crippen LogP) is 3.79. The van der Waals surface area contributed by atoms with Gasteiger partial charge in [0.15, 0.2) is 11.9 Å². The molecule has 1 aliphatic heterocycles. The molecular formula is C13H10ClNO2S2. The molecule has 0 N–H and O–H groups in total. The van der Waals surface area contributed by atoms with Crippen molar-refractivity contribution in [3.05, 3.63) is 40.3 Å². The van der Waals surface area contributed by atoms with Crippen molar-refractivity contribution in [3.63, 3.8) is 0 Å². The summed E-state index contributed by atoms with van der Waals surface area (Å²) < 4.78 is 5.93. The lowest BCUT2D eigenvalue weighted by Crippen LogP contribution is -2.15. The average Bonchev–Trinajstić information content (AvgIpc) is 2.95. The smallest absolute Gasteiger partial charge is 0.196 e. The van der Waals surface area contributed by atoms with Gasteiger partial charge in [0.05, 0.1) is 5.88 Å². The van der Waals surface area contributed by atoms with E-state index in [1.165, 1.54) is 11.3 Å². The van der Waals surface area contributed by atoms with Crippen LogP contribution in [0.1, 0.15) is 21.6 Å². The van der Waals surface area contributed by atoms with Crippen molar-refractivity contribution in [2.24, 2.45) is 0 Å². The van der Waals surface area contributed by atoms with Crippen LogP contribution in [0.15, 0.2) is 34.5 Å². The van der Waals surface area contributed by atoms with E-state index in [1.807, 2.05) is 24.3 Å². The van der Waals surface area contributed by atoms with Gasteiger partial charge in [-0.15, -0.1) is 34.7 Å². The highest BCUT2D eigenvalue weighted by molar-refractivity contribution is 7.99. The van der Waals surface area contributed by atoms with Crippen LogP contribution in [0.3, 0.4) is 0 Å². The van der Waals surface area contributed by atoms with Crippen LogP contribution in [0.5, 0.6) is 5.75 Å². The number of carbonyl (C=O) groups is 1. The third-order valence-corrected chi connectivity index (χ3v) is 5.01. The standard InChI is InChI=1S/C13H10ClNO2S2/c14-5-9(16)8-6-19-13(15-8)11-7-18-12-4-2-1-3-10(12)17-11/h1-4,6,11H,5,7H2. The molecule has 0 saturated heterocycles. The Labute approximate surface area is 124 Å². The van der Waals surface area contributed by atoms with Crippen molar-refractivity contribution in [1.29, 1.82) is 0 Å². The Morgan fingerprint density at radius 2 is 2.32 bits per heavy atom. The number of halogens is 1. The molecule has 1 aromatic heterocycles. The zero-order valence-corrected chi connectivity index (χ0v) is 12.2. The second-order valence-electron chi connectivity index (χ2n) is 3.99. The zero-order valence-electron chi connectivity index (χ0n) is 9.84. The average molecular weight is 312 g/mol. The fraction of sp³-hybridized carbons (Fsp3) is 0.231. The van der Waals surface area contributed by atoms with Crippen LogP contribution < -0.4 is 4.74 Å². The van der Waals surface area contributed by atoms with Crippen LogP contribution in [0, 0.1) is 0 Å². The lowest BCUT2D eigenvalue weighted by Gasteiger charge is -2.23. The van der Waals surface area contributed by atoms with E-state index < -0.39 is 0 Å². The number of para-hydroxylation sites is 1. The third-order valence-electron chi connectivity index (χ3n) is 2.71. The van der Waals surface area contributed by atoms with Gasteiger partial charge in [-0.2, -0.15) is 0 Å². The summed E-state index contributed by atoms with van der Waals surface area (Å²) in [5, 5.41) is 2.57. The van der Waals surface area contributed by atoms with E-state index in [9.17, 15) is 4.79 Å². The number of aromatic nitrogens is 1. The SMILES string of the molecule is O=C(CCl)c1csc(C2CSc3ccccc3O2)n1.